The smallest absolute Gasteiger partial charge is 0.251 e. The molecule has 0 saturated heterocycles. The normalized spacial score (nSPS) is 11.4. The first-order chi connectivity index (χ1) is 13.3. The van der Waals surface area contributed by atoms with Gasteiger partial charge in [0.25, 0.3) is 5.91 Å². The molecule has 0 aliphatic rings. The second-order valence-electron chi connectivity index (χ2n) is 7.63. The van der Waals surface area contributed by atoms with Crippen molar-refractivity contribution >= 4 is 35.8 Å². The maximum Gasteiger partial charge on any atom is 0.251 e. The lowest BCUT2D eigenvalue weighted by atomic mass is 10.1. The zero-order chi connectivity index (χ0) is 20.6. The van der Waals surface area contributed by atoms with Crippen molar-refractivity contribution in [3.05, 3.63) is 71.0 Å². The zero-order valence-corrected chi connectivity index (χ0v) is 19.7. The van der Waals surface area contributed by atoms with E-state index in [1.54, 1.807) is 25.2 Å². The predicted octanol–water partition coefficient (Wildman–Crippen LogP) is 3.88. The van der Waals surface area contributed by atoms with Crippen LogP contribution in [0.25, 0.3) is 0 Å². The van der Waals surface area contributed by atoms with Crippen LogP contribution in [0.4, 0.5) is 4.39 Å². The molecule has 0 fully saturated rings. The van der Waals surface area contributed by atoms with Crippen molar-refractivity contribution in [2.75, 3.05) is 13.6 Å². The van der Waals surface area contributed by atoms with Gasteiger partial charge in [0, 0.05) is 31.2 Å². The van der Waals surface area contributed by atoms with Crippen LogP contribution >= 0.6 is 24.0 Å². The van der Waals surface area contributed by atoms with Gasteiger partial charge in [-0.2, -0.15) is 0 Å². The number of benzene rings is 2. The van der Waals surface area contributed by atoms with Crippen molar-refractivity contribution in [1.29, 1.82) is 0 Å². The van der Waals surface area contributed by atoms with Crippen LogP contribution in [0.15, 0.2) is 53.5 Å². The monoisotopic (exact) mass is 512 g/mol. The number of hydrogen-bond donors (Lipinski definition) is 3. The second kappa shape index (κ2) is 11.7. The summed E-state index contributed by atoms with van der Waals surface area (Å²) in [5, 5.41) is 9.45. The molecule has 0 unspecified atom stereocenters. The Morgan fingerprint density at radius 2 is 1.72 bits per heavy atom. The van der Waals surface area contributed by atoms with Gasteiger partial charge in [-0.05, 0) is 62.6 Å². The van der Waals surface area contributed by atoms with E-state index in [1.165, 1.54) is 12.1 Å². The van der Waals surface area contributed by atoms with Gasteiger partial charge in [0.2, 0.25) is 0 Å². The lowest BCUT2D eigenvalue weighted by molar-refractivity contribution is 0.0919. The molecule has 0 bridgehead atoms. The van der Waals surface area contributed by atoms with Crippen molar-refractivity contribution < 1.29 is 9.18 Å². The van der Waals surface area contributed by atoms with Crippen molar-refractivity contribution in [2.45, 2.75) is 39.3 Å². The van der Waals surface area contributed by atoms with E-state index in [0.29, 0.717) is 24.6 Å². The summed E-state index contributed by atoms with van der Waals surface area (Å²) in [7, 11) is 1.71. The first-order valence-corrected chi connectivity index (χ1v) is 9.37. The molecule has 0 aliphatic heterocycles. The first kappa shape index (κ1) is 24.9. The summed E-state index contributed by atoms with van der Waals surface area (Å²) < 4.78 is 12.9. The third-order valence-corrected chi connectivity index (χ3v) is 3.98. The van der Waals surface area contributed by atoms with Crippen LogP contribution in [0, 0.1) is 5.82 Å². The van der Waals surface area contributed by atoms with Gasteiger partial charge in [0.1, 0.15) is 5.82 Å². The molecule has 158 valence electrons. The summed E-state index contributed by atoms with van der Waals surface area (Å²) in [5.41, 5.74) is 2.40. The molecule has 5 nitrogen and oxygen atoms in total. The summed E-state index contributed by atoms with van der Waals surface area (Å²) in [5.74, 6) is 0.357. The molecular formula is C22H30FIN4O. The predicted molar refractivity (Wildman–Crippen MR) is 127 cm³/mol. The van der Waals surface area contributed by atoms with Crippen LogP contribution in [-0.2, 0) is 13.0 Å². The molecule has 0 saturated carbocycles. The van der Waals surface area contributed by atoms with Crippen LogP contribution in [0.2, 0.25) is 0 Å². The highest BCUT2D eigenvalue weighted by atomic mass is 127. The van der Waals surface area contributed by atoms with E-state index in [9.17, 15) is 9.18 Å². The number of nitrogens with one attached hydrogen (secondary N) is 3. The second-order valence-corrected chi connectivity index (χ2v) is 7.63. The Morgan fingerprint density at radius 3 is 2.34 bits per heavy atom. The Morgan fingerprint density at radius 1 is 1.03 bits per heavy atom. The molecule has 1 amide bonds. The molecule has 0 heterocycles. The van der Waals surface area contributed by atoms with Gasteiger partial charge < -0.3 is 16.0 Å². The number of halogens is 2. The summed E-state index contributed by atoms with van der Waals surface area (Å²) in [6.07, 6.45) is 0.767. The number of nitrogens with zero attached hydrogens (tertiary/aromatic N) is 1. The van der Waals surface area contributed by atoms with E-state index in [0.717, 1.165) is 17.5 Å². The van der Waals surface area contributed by atoms with E-state index in [-0.39, 0.29) is 41.2 Å². The van der Waals surface area contributed by atoms with Crippen molar-refractivity contribution in [1.82, 2.24) is 16.0 Å². The molecule has 2 aromatic rings. The van der Waals surface area contributed by atoms with E-state index in [4.69, 9.17) is 0 Å². The van der Waals surface area contributed by atoms with E-state index in [2.05, 4.69) is 20.9 Å². The maximum absolute atomic E-state index is 12.9. The van der Waals surface area contributed by atoms with Gasteiger partial charge in [-0.1, -0.05) is 24.3 Å². The standard InChI is InChI=1S/C22H29FN4O.HI/c1-22(2,3)27-20(28)18-7-5-6-17(14-18)15-26-21(24-4)25-13-12-16-8-10-19(23)11-9-16;/h5-11,14H,12-13,15H2,1-4H3,(H,27,28)(H2,24,25,26);1H. The molecule has 3 N–H and O–H groups in total. The molecule has 2 aromatic carbocycles. The van der Waals surface area contributed by atoms with Crippen LogP contribution in [0.1, 0.15) is 42.3 Å². The fourth-order valence-corrected chi connectivity index (χ4v) is 2.62. The highest BCUT2D eigenvalue weighted by Gasteiger charge is 2.15. The lowest BCUT2D eigenvalue weighted by Gasteiger charge is -2.20. The Kier molecular flexibility index (Phi) is 10.1. The summed E-state index contributed by atoms with van der Waals surface area (Å²) in [4.78, 5) is 16.5. The summed E-state index contributed by atoms with van der Waals surface area (Å²) >= 11 is 0. The van der Waals surface area contributed by atoms with Gasteiger partial charge in [-0.15, -0.1) is 24.0 Å². The fourth-order valence-electron chi connectivity index (χ4n) is 2.62. The fraction of sp³-hybridized carbons (Fsp3) is 0.364. The first-order valence-electron chi connectivity index (χ1n) is 9.37. The van der Waals surface area contributed by atoms with Crippen LogP contribution in [0.3, 0.4) is 0 Å². The Bertz CT molecular complexity index is 816. The minimum absolute atomic E-state index is 0. The highest BCUT2D eigenvalue weighted by molar-refractivity contribution is 14.0. The number of guanidine groups is 1. The molecule has 2 rings (SSSR count). The lowest BCUT2D eigenvalue weighted by Crippen LogP contribution is -2.40. The molecular weight excluding hydrogens is 482 g/mol. The topological polar surface area (TPSA) is 65.5 Å². The van der Waals surface area contributed by atoms with Crippen molar-refractivity contribution in [3.8, 4) is 0 Å². The summed E-state index contributed by atoms with van der Waals surface area (Å²) in [6, 6.07) is 14.0. The number of aliphatic imine (C=N–C) groups is 1. The van der Waals surface area contributed by atoms with Gasteiger partial charge in [-0.25, -0.2) is 4.39 Å². The highest BCUT2D eigenvalue weighted by Crippen LogP contribution is 2.08. The minimum Gasteiger partial charge on any atom is -0.356 e. The zero-order valence-electron chi connectivity index (χ0n) is 17.4. The van der Waals surface area contributed by atoms with Crippen LogP contribution < -0.4 is 16.0 Å². The Hall–Kier alpha value is -2.16. The number of carbonyl (C=O) groups is 1. The SMILES string of the molecule is CN=C(NCCc1ccc(F)cc1)NCc1cccc(C(=O)NC(C)(C)C)c1.I. The number of carbonyl (C=O) groups excluding carboxylic acids is 1. The van der Waals surface area contributed by atoms with Gasteiger partial charge in [0.15, 0.2) is 5.96 Å². The minimum atomic E-state index is -0.276. The number of amides is 1. The van der Waals surface area contributed by atoms with Crippen LogP contribution in [0.5, 0.6) is 0 Å². The molecule has 7 heteroatoms. The largest absolute Gasteiger partial charge is 0.356 e. The third-order valence-electron chi connectivity index (χ3n) is 3.98. The van der Waals surface area contributed by atoms with E-state index >= 15 is 0 Å². The molecule has 29 heavy (non-hydrogen) atoms. The van der Waals surface area contributed by atoms with E-state index < -0.39 is 0 Å². The quantitative estimate of drug-likeness (QED) is 0.313. The Balaban J connectivity index is 0.00000420. The average Bonchev–Trinajstić information content (AvgIpc) is 2.65. The van der Waals surface area contributed by atoms with E-state index in [1.807, 2.05) is 39.0 Å². The Labute approximate surface area is 189 Å². The molecule has 0 aromatic heterocycles. The van der Waals surface area contributed by atoms with Gasteiger partial charge in [-0.3, -0.25) is 9.79 Å². The van der Waals surface area contributed by atoms with Gasteiger partial charge >= 0.3 is 0 Å². The number of rotatable bonds is 6. The molecule has 0 aliphatic carbocycles. The third kappa shape index (κ3) is 9.25. The van der Waals surface area contributed by atoms with Gasteiger partial charge in [0.05, 0.1) is 0 Å². The maximum atomic E-state index is 12.9. The summed E-state index contributed by atoms with van der Waals surface area (Å²) in [6.45, 7) is 7.10. The van der Waals surface area contributed by atoms with Crippen molar-refractivity contribution in [3.63, 3.8) is 0 Å². The molecule has 0 spiro atoms. The van der Waals surface area contributed by atoms with Crippen molar-refractivity contribution in [2.24, 2.45) is 4.99 Å². The average molecular weight is 512 g/mol. The van der Waals surface area contributed by atoms with Crippen LogP contribution in [-0.4, -0.2) is 31.0 Å². The molecule has 0 radical (unpaired) electrons. The molecule has 0 atom stereocenters. The number of hydrogen-bond acceptors (Lipinski definition) is 2.